The average molecular weight is 323 g/mol. The molecule has 0 saturated heterocycles. The van der Waals surface area contributed by atoms with Gasteiger partial charge in [0.2, 0.25) is 5.91 Å². The molecule has 0 aromatic heterocycles. The van der Waals surface area contributed by atoms with Crippen LogP contribution in [-0.2, 0) is 9.53 Å². The number of primary amides is 1. The predicted molar refractivity (Wildman–Crippen MR) is 88.5 cm³/mol. The number of anilines is 1. The lowest BCUT2D eigenvalue weighted by atomic mass is 10.1. The number of hydrogen-bond donors (Lipinski definition) is 3. The lowest BCUT2D eigenvalue weighted by Crippen LogP contribution is -2.40. The van der Waals surface area contributed by atoms with Gasteiger partial charge in [-0.05, 0) is 51.5 Å². The molecule has 0 bridgehead atoms. The van der Waals surface area contributed by atoms with Crippen LogP contribution >= 0.6 is 0 Å². The molecule has 7 heteroatoms. The highest BCUT2D eigenvalue weighted by Gasteiger charge is 2.18. The summed E-state index contributed by atoms with van der Waals surface area (Å²) in [6.07, 6.45) is -0.175. The van der Waals surface area contributed by atoms with Crippen molar-refractivity contribution in [3.8, 4) is 5.75 Å². The number of benzene rings is 1. The van der Waals surface area contributed by atoms with Gasteiger partial charge >= 0.3 is 6.09 Å². The van der Waals surface area contributed by atoms with E-state index in [4.69, 9.17) is 15.2 Å². The molecule has 0 aliphatic heterocycles. The van der Waals surface area contributed by atoms with Crippen LogP contribution in [0.3, 0.4) is 0 Å². The van der Waals surface area contributed by atoms with Crippen LogP contribution in [0.25, 0.3) is 0 Å². The number of amides is 2. The molecule has 1 unspecified atom stereocenters. The molecule has 23 heavy (non-hydrogen) atoms. The molecule has 0 radical (unpaired) electrons. The van der Waals surface area contributed by atoms with Crippen LogP contribution in [-0.4, -0.2) is 37.3 Å². The zero-order chi connectivity index (χ0) is 17.5. The van der Waals surface area contributed by atoms with Gasteiger partial charge in [-0.2, -0.15) is 0 Å². The van der Waals surface area contributed by atoms with E-state index in [-0.39, 0.29) is 6.54 Å². The van der Waals surface area contributed by atoms with Crippen LogP contribution in [0.15, 0.2) is 24.3 Å². The van der Waals surface area contributed by atoms with Crippen molar-refractivity contribution < 1.29 is 19.1 Å². The Kier molecular flexibility index (Phi) is 6.68. The van der Waals surface area contributed by atoms with Crippen LogP contribution in [0, 0.1) is 0 Å². The summed E-state index contributed by atoms with van der Waals surface area (Å²) in [5.74, 6) is 0.226. The van der Waals surface area contributed by atoms with Gasteiger partial charge in [0.15, 0.2) is 0 Å². The number of methoxy groups -OCH3 is 1. The Morgan fingerprint density at radius 3 is 2.30 bits per heavy atom. The first kappa shape index (κ1) is 18.6. The van der Waals surface area contributed by atoms with Gasteiger partial charge in [0.25, 0.3) is 0 Å². The maximum absolute atomic E-state index is 11.6. The van der Waals surface area contributed by atoms with Gasteiger partial charge in [-0.15, -0.1) is 0 Å². The van der Waals surface area contributed by atoms with Crippen molar-refractivity contribution in [1.82, 2.24) is 5.32 Å². The van der Waals surface area contributed by atoms with Crippen molar-refractivity contribution in [2.24, 2.45) is 5.73 Å². The summed E-state index contributed by atoms with van der Waals surface area (Å²) in [6.45, 7) is 5.61. The van der Waals surface area contributed by atoms with Crippen LogP contribution in [0.2, 0.25) is 0 Å². The topological polar surface area (TPSA) is 103 Å². The molecule has 1 aromatic rings. The molecule has 1 aromatic carbocycles. The Morgan fingerprint density at radius 2 is 1.83 bits per heavy atom. The van der Waals surface area contributed by atoms with Crippen molar-refractivity contribution in [3.05, 3.63) is 24.3 Å². The third kappa shape index (κ3) is 7.39. The maximum atomic E-state index is 11.6. The molecule has 0 saturated carbocycles. The zero-order valence-electron chi connectivity index (χ0n) is 14.0. The molecule has 1 rings (SSSR count). The summed E-state index contributed by atoms with van der Waals surface area (Å²) in [4.78, 5) is 23.1. The number of ether oxygens (including phenoxy) is 2. The minimum Gasteiger partial charge on any atom is -0.497 e. The smallest absolute Gasteiger partial charge is 0.407 e. The van der Waals surface area contributed by atoms with Crippen molar-refractivity contribution >= 4 is 17.7 Å². The van der Waals surface area contributed by atoms with E-state index in [2.05, 4.69) is 10.6 Å². The summed E-state index contributed by atoms with van der Waals surface area (Å²) in [5, 5.41) is 5.63. The maximum Gasteiger partial charge on any atom is 0.407 e. The second-order valence-electron chi connectivity index (χ2n) is 6.05. The van der Waals surface area contributed by atoms with Gasteiger partial charge in [0, 0.05) is 12.2 Å². The molecule has 0 spiro atoms. The summed E-state index contributed by atoms with van der Waals surface area (Å²) >= 11 is 0. The monoisotopic (exact) mass is 323 g/mol. The fourth-order valence-electron chi connectivity index (χ4n) is 1.81. The van der Waals surface area contributed by atoms with Crippen molar-refractivity contribution in [1.29, 1.82) is 0 Å². The van der Waals surface area contributed by atoms with E-state index in [0.717, 1.165) is 11.4 Å². The van der Waals surface area contributed by atoms with E-state index >= 15 is 0 Å². The van der Waals surface area contributed by atoms with Crippen molar-refractivity contribution in [3.63, 3.8) is 0 Å². The van der Waals surface area contributed by atoms with E-state index in [1.807, 2.05) is 0 Å². The summed E-state index contributed by atoms with van der Waals surface area (Å²) in [5.41, 5.74) is 5.57. The molecule has 0 aliphatic carbocycles. The number of carbonyl (C=O) groups excluding carboxylic acids is 2. The standard InChI is InChI=1S/C16H25N3O4/c1-16(2,3)23-15(21)18-10-9-13(14(17)20)19-11-5-7-12(22-4)8-6-11/h5-8,13,19H,9-10H2,1-4H3,(H2,17,20)(H,18,21). The van der Waals surface area contributed by atoms with E-state index in [9.17, 15) is 9.59 Å². The molecule has 2 amide bonds. The van der Waals surface area contributed by atoms with Gasteiger partial charge in [-0.3, -0.25) is 4.79 Å². The first-order chi connectivity index (χ1) is 10.7. The van der Waals surface area contributed by atoms with E-state index in [0.29, 0.717) is 6.42 Å². The number of hydrogen-bond acceptors (Lipinski definition) is 5. The summed E-state index contributed by atoms with van der Waals surface area (Å²) in [6, 6.07) is 6.53. The number of nitrogens with two attached hydrogens (primary N) is 1. The first-order valence-corrected chi connectivity index (χ1v) is 7.38. The lowest BCUT2D eigenvalue weighted by Gasteiger charge is -2.21. The quantitative estimate of drug-likeness (QED) is 0.711. The number of rotatable bonds is 7. The second kappa shape index (κ2) is 8.26. The summed E-state index contributed by atoms with van der Waals surface area (Å²) < 4.78 is 10.2. The Balaban J connectivity index is 2.49. The molecule has 0 fully saturated rings. The third-order valence-electron chi connectivity index (χ3n) is 2.88. The Bertz CT molecular complexity index is 523. The highest BCUT2D eigenvalue weighted by Crippen LogP contribution is 2.16. The fraction of sp³-hybridized carbons (Fsp3) is 0.500. The first-order valence-electron chi connectivity index (χ1n) is 7.38. The Morgan fingerprint density at radius 1 is 1.22 bits per heavy atom. The lowest BCUT2D eigenvalue weighted by molar-refractivity contribution is -0.118. The van der Waals surface area contributed by atoms with Gasteiger partial charge in [0.05, 0.1) is 7.11 Å². The van der Waals surface area contributed by atoms with Crippen LogP contribution in [0.4, 0.5) is 10.5 Å². The largest absolute Gasteiger partial charge is 0.497 e. The van der Waals surface area contributed by atoms with Crippen LogP contribution in [0.5, 0.6) is 5.75 Å². The van der Waals surface area contributed by atoms with Gasteiger partial charge < -0.3 is 25.8 Å². The molecule has 1 atom stereocenters. The van der Waals surface area contributed by atoms with Crippen LogP contribution < -0.4 is 21.1 Å². The van der Waals surface area contributed by atoms with E-state index in [1.165, 1.54) is 0 Å². The normalized spacial score (nSPS) is 12.2. The van der Waals surface area contributed by atoms with Crippen molar-refractivity contribution in [2.75, 3.05) is 19.0 Å². The summed E-state index contributed by atoms with van der Waals surface area (Å²) in [7, 11) is 1.58. The number of alkyl carbamates (subject to hydrolysis) is 1. The zero-order valence-corrected chi connectivity index (χ0v) is 14.0. The molecular formula is C16H25N3O4. The minimum absolute atomic E-state index is 0.270. The molecule has 0 heterocycles. The molecule has 4 N–H and O–H groups in total. The fourth-order valence-corrected chi connectivity index (χ4v) is 1.81. The second-order valence-corrected chi connectivity index (χ2v) is 6.05. The predicted octanol–water partition coefficient (Wildman–Crippen LogP) is 1.88. The molecule has 128 valence electrons. The molecular weight excluding hydrogens is 298 g/mol. The van der Waals surface area contributed by atoms with Crippen molar-refractivity contribution in [2.45, 2.75) is 38.8 Å². The highest BCUT2D eigenvalue weighted by molar-refractivity contribution is 5.83. The Hall–Kier alpha value is -2.44. The number of carbonyl (C=O) groups is 2. The highest BCUT2D eigenvalue weighted by atomic mass is 16.6. The average Bonchev–Trinajstić information content (AvgIpc) is 2.45. The SMILES string of the molecule is COc1ccc(NC(CCNC(=O)OC(C)(C)C)C(N)=O)cc1. The van der Waals surface area contributed by atoms with Gasteiger partial charge in [-0.25, -0.2) is 4.79 Å². The molecule has 0 aliphatic rings. The van der Waals surface area contributed by atoms with Gasteiger partial charge in [-0.1, -0.05) is 0 Å². The minimum atomic E-state index is -0.599. The number of nitrogens with one attached hydrogen (secondary N) is 2. The van der Waals surface area contributed by atoms with Crippen LogP contribution in [0.1, 0.15) is 27.2 Å². The molecule has 7 nitrogen and oxygen atoms in total. The van der Waals surface area contributed by atoms with E-state index < -0.39 is 23.6 Å². The Labute approximate surface area is 136 Å². The van der Waals surface area contributed by atoms with E-state index in [1.54, 1.807) is 52.1 Å². The van der Waals surface area contributed by atoms with Gasteiger partial charge in [0.1, 0.15) is 17.4 Å². The third-order valence-corrected chi connectivity index (χ3v) is 2.88.